The number of carbonyl (C=O) groups excluding carboxylic acids is 1. The van der Waals surface area contributed by atoms with Crippen LogP contribution in [0.25, 0.3) is 0 Å². The van der Waals surface area contributed by atoms with Gasteiger partial charge >= 0.3 is 0 Å². The number of rotatable bonds is 3. The molecule has 146 valence electrons. The third-order valence-electron chi connectivity index (χ3n) is 8.19. The molecule has 5 unspecified atom stereocenters. The van der Waals surface area contributed by atoms with Crippen molar-refractivity contribution in [2.24, 2.45) is 16.7 Å². The van der Waals surface area contributed by atoms with Crippen LogP contribution in [0.2, 0.25) is 0 Å². The highest BCUT2D eigenvalue weighted by atomic mass is 19.3. The van der Waals surface area contributed by atoms with Crippen LogP contribution in [0, 0.1) is 16.7 Å². The van der Waals surface area contributed by atoms with E-state index >= 15 is 0 Å². The van der Waals surface area contributed by atoms with Gasteiger partial charge in [-0.2, -0.15) is 0 Å². The van der Waals surface area contributed by atoms with E-state index in [1.165, 1.54) is 5.56 Å². The van der Waals surface area contributed by atoms with E-state index in [0.29, 0.717) is 18.9 Å². The van der Waals surface area contributed by atoms with E-state index in [1.807, 2.05) is 6.07 Å². The molecular formula is C22H28F2N2O. The van der Waals surface area contributed by atoms with Crippen molar-refractivity contribution in [1.82, 2.24) is 10.6 Å². The maximum atomic E-state index is 14.3. The summed E-state index contributed by atoms with van der Waals surface area (Å²) in [7, 11) is 0. The molecule has 1 saturated heterocycles. The predicted octanol–water partition coefficient (Wildman–Crippen LogP) is 3.64. The molecule has 5 fully saturated rings. The van der Waals surface area contributed by atoms with Crippen molar-refractivity contribution in [3.05, 3.63) is 35.9 Å². The summed E-state index contributed by atoms with van der Waals surface area (Å²) >= 11 is 0. The van der Waals surface area contributed by atoms with Gasteiger partial charge in [0.05, 0.1) is 18.0 Å². The summed E-state index contributed by atoms with van der Waals surface area (Å²) in [6.45, 7) is 2.41. The van der Waals surface area contributed by atoms with Crippen LogP contribution in [-0.2, 0) is 10.2 Å². The van der Waals surface area contributed by atoms with E-state index < -0.39 is 17.4 Å². The van der Waals surface area contributed by atoms with Crippen molar-refractivity contribution in [3.8, 4) is 0 Å². The molecule has 1 amide bonds. The van der Waals surface area contributed by atoms with E-state index in [9.17, 15) is 13.6 Å². The standard InChI is InChI=1S/C22H28F2N2O/c1-19-9-15-10-20(12-19,16-5-3-2-4-6-16)13-21(19,11-15)18(27)26-17-7-8-25-14-22(17,23)24/h2-6,15,17,25H,7-14H2,1H3,(H,26,27). The Morgan fingerprint density at radius 1 is 1.15 bits per heavy atom. The summed E-state index contributed by atoms with van der Waals surface area (Å²) in [6.07, 6.45) is 5.14. The van der Waals surface area contributed by atoms with Crippen molar-refractivity contribution in [2.45, 2.75) is 62.8 Å². The zero-order valence-electron chi connectivity index (χ0n) is 15.9. The quantitative estimate of drug-likeness (QED) is 0.848. The highest BCUT2D eigenvalue weighted by Crippen LogP contribution is 2.76. The van der Waals surface area contributed by atoms with Crippen LogP contribution in [0.4, 0.5) is 8.78 Å². The first-order chi connectivity index (χ1) is 12.8. The Hall–Kier alpha value is -1.49. The largest absolute Gasteiger partial charge is 0.347 e. The maximum Gasteiger partial charge on any atom is 0.280 e. The highest BCUT2D eigenvalue weighted by molar-refractivity contribution is 5.86. The Morgan fingerprint density at radius 2 is 1.93 bits per heavy atom. The topological polar surface area (TPSA) is 41.1 Å². The maximum absolute atomic E-state index is 14.3. The number of nitrogens with one attached hydrogen (secondary N) is 2. The molecule has 27 heavy (non-hydrogen) atoms. The summed E-state index contributed by atoms with van der Waals surface area (Å²) in [5.74, 6) is -2.47. The average Bonchev–Trinajstić information content (AvgIpc) is 2.94. The fraction of sp³-hybridized carbons (Fsp3) is 0.682. The monoisotopic (exact) mass is 374 g/mol. The smallest absolute Gasteiger partial charge is 0.280 e. The second-order valence-corrected chi connectivity index (χ2v) is 9.87. The van der Waals surface area contributed by atoms with E-state index in [0.717, 1.165) is 32.1 Å². The van der Waals surface area contributed by atoms with Gasteiger partial charge in [-0.3, -0.25) is 4.79 Å². The van der Waals surface area contributed by atoms with Crippen LogP contribution >= 0.6 is 0 Å². The number of alkyl halides is 2. The third-order valence-corrected chi connectivity index (χ3v) is 8.19. The van der Waals surface area contributed by atoms with Crippen molar-refractivity contribution >= 4 is 5.91 Å². The summed E-state index contributed by atoms with van der Waals surface area (Å²) in [6, 6.07) is 9.49. The second-order valence-electron chi connectivity index (χ2n) is 9.87. The fourth-order valence-corrected chi connectivity index (χ4v) is 7.27. The van der Waals surface area contributed by atoms with Gasteiger partial charge in [-0.1, -0.05) is 37.3 Å². The normalized spacial score (nSPS) is 44.4. The summed E-state index contributed by atoms with van der Waals surface area (Å²) in [4.78, 5) is 13.5. The lowest BCUT2D eigenvalue weighted by Crippen LogP contribution is -2.60. The molecule has 0 aromatic heterocycles. The summed E-state index contributed by atoms with van der Waals surface area (Å²) < 4.78 is 28.6. The van der Waals surface area contributed by atoms with Crippen molar-refractivity contribution < 1.29 is 13.6 Å². The number of benzene rings is 1. The van der Waals surface area contributed by atoms with Gasteiger partial charge < -0.3 is 10.6 Å². The number of piperidine rings is 1. The predicted molar refractivity (Wildman–Crippen MR) is 99.6 cm³/mol. The Balaban J connectivity index is 1.46. The number of carbonyl (C=O) groups is 1. The molecule has 2 N–H and O–H groups in total. The highest BCUT2D eigenvalue weighted by Gasteiger charge is 2.73. The minimum absolute atomic E-state index is 0.0329. The summed E-state index contributed by atoms with van der Waals surface area (Å²) in [5, 5.41) is 5.56. The van der Waals surface area contributed by atoms with E-state index in [4.69, 9.17) is 0 Å². The van der Waals surface area contributed by atoms with Crippen LogP contribution in [-0.4, -0.2) is 31.0 Å². The molecule has 1 heterocycles. The van der Waals surface area contributed by atoms with E-state index in [-0.39, 0.29) is 23.3 Å². The average molecular weight is 374 g/mol. The van der Waals surface area contributed by atoms with Crippen LogP contribution in [0.5, 0.6) is 0 Å². The van der Waals surface area contributed by atoms with Gasteiger partial charge in [0.25, 0.3) is 5.92 Å². The Morgan fingerprint density at radius 3 is 2.67 bits per heavy atom. The number of hydrogen-bond donors (Lipinski definition) is 2. The molecule has 1 aromatic carbocycles. The molecule has 5 atom stereocenters. The van der Waals surface area contributed by atoms with Gasteiger partial charge in [0.2, 0.25) is 5.91 Å². The molecule has 0 spiro atoms. The zero-order valence-corrected chi connectivity index (χ0v) is 15.9. The molecule has 1 aliphatic heterocycles. The van der Waals surface area contributed by atoms with Crippen LogP contribution in [0.1, 0.15) is 51.0 Å². The number of halogens is 2. The van der Waals surface area contributed by atoms with Gasteiger partial charge in [-0.25, -0.2) is 8.78 Å². The van der Waals surface area contributed by atoms with E-state index in [1.54, 1.807) is 0 Å². The minimum atomic E-state index is -2.88. The van der Waals surface area contributed by atoms with Gasteiger partial charge in [-0.05, 0) is 67.4 Å². The van der Waals surface area contributed by atoms with Crippen molar-refractivity contribution in [3.63, 3.8) is 0 Å². The van der Waals surface area contributed by atoms with Crippen LogP contribution in [0.15, 0.2) is 30.3 Å². The molecule has 4 saturated carbocycles. The molecule has 0 radical (unpaired) electrons. The van der Waals surface area contributed by atoms with Crippen molar-refractivity contribution in [1.29, 1.82) is 0 Å². The number of amides is 1. The molecule has 4 aliphatic carbocycles. The Labute approximate surface area is 159 Å². The van der Waals surface area contributed by atoms with Crippen LogP contribution in [0.3, 0.4) is 0 Å². The molecule has 3 nitrogen and oxygen atoms in total. The lowest BCUT2D eigenvalue weighted by Gasteiger charge is -2.42. The minimum Gasteiger partial charge on any atom is -0.347 e. The fourth-order valence-electron chi connectivity index (χ4n) is 7.27. The lowest BCUT2D eigenvalue weighted by atomic mass is 9.63. The third kappa shape index (κ3) is 2.36. The first kappa shape index (κ1) is 17.6. The van der Waals surface area contributed by atoms with Gasteiger partial charge in [-0.15, -0.1) is 0 Å². The van der Waals surface area contributed by atoms with Crippen LogP contribution < -0.4 is 10.6 Å². The molecule has 1 aromatic rings. The van der Waals surface area contributed by atoms with Gasteiger partial charge in [0, 0.05) is 0 Å². The first-order valence-corrected chi connectivity index (χ1v) is 10.2. The second kappa shape index (κ2) is 5.53. The molecule has 4 bridgehead atoms. The molecular weight excluding hydrogens is 346 g/mol. The molecule has 6 rings (SSSR count). The summed E-state index contributed by atoms with van der Waals surface area (Å²) in [5.41, 5.74) is 0.776. The zero-order chi connectivity index (χ0) is 18.9. The Bertz CT molecular complexity index is 769. The SMILES string of the molecule is CC12CC3CC(c4ccccc4)(C1)CC2(C(=O)NC1CCNCC1(F)F)C3. The van der Waals surface area contributed by atoms with Gasteiger partial charge in [0.15, 0.2) is 0 Å². The van der Waals surface area contributed by atoms with Crippen molar-refractivity contribution in [2.75, 3.05) is 13.1 Å². The van der Waals surface area contributed by atoms with E-state index in [2.05, 4.69) is 41.8 Å². The first-order valence-electron chi connectivity index (χ1n) is 10.2. The van der Waals surface area contributed by atoms with Gasteiger partial charge in [0.1, 0.15) is 0 Å². The molecule has 5 aliphatic rings. The Kier molecular flexibility index (Phi) is 3.60. The number of hydrogen-bond acceptors (Lipinski definition) is 2. The molecule has 5 heteroatoms. The lowest BCUT2D eigenvalue weighted by molar-refractivity contribution is -0.141.